The maximum atomic E-state index is 10.7. The van der Waals surface area contributed by atoms with Crippen LogP contribution in [0.3, 0.4) is 0 Å². The Morgan fingerprint density at radius 2 is 2.05 bits per heavy atom. The third-order valence-corrected chi connectivity index (χ3v) is 5.09. The molecule has 0 aliphatic heterocycles. The number of aliphatic hydroxyl groups is 1. The fraction of sp³-hybridized carbons (Fsp3) is 0.118. The van der Waals surface area contributed by atoms with Crippen LogP contribution in [0.25, 0.3) is 10.6 Å². The fourth-order valence-electron chi connectivity index (χ4n) is 2.31. The number of nitrogens with two attached hydrogens (primary N) is 1. The maximum Gasteiger partial charge on any atom is 0.114 e. The summed E-state index contributed by atoms with van der Waals surface area (Å²) in [6.07, 6.45) is 1.09. The largest absolute Gasteiger partial charge is 0.383 e. The number of nitrogens with zero attached hydrogens (tertiary/aromatic N) is 1. The summed E-state index contributed by atoms with van der Waals surface area (Å²) in [5.41, 5.74) is 8.48. The van der Waals surface area contributed by atoms with E-state index in [9.17, 15) is 5.11 Å². The molecule has 3 nitrogen and oxygen atoms in total. The topological polar surface area (TPSA) is 59.1 Å². The molecule has 3 rings (SSSR count). The SMILES string of the molecule is NCc1ccc(Br)cc1C(O)c1ccc(-c2ccccn2)s1. The third-order valence-electron chi connectivity index (χ3n) is 3.44. The van der Waals surface area contributed by atoms with E-state index in [0.717, 1.165) is 31.0 Å². The van der Waals surface area contributed by atoms with Crippen LogP contribution >= 0.6 is 27.3 Å². The van der Waals surface area contributed by atoms with Crippen molar-refractivity contribution in [2.24, 2.45) is 5.73 Å². The van der Waals surface area contributed by atoms with Crippen LogP contribution in [0.2, 0.25) is 0 Å². The second-order valence-corrected chi connectivity index (χ2v) is 6.90. The van der Waals surface area contributed by atoms with Gasteiger partial charge in [-0.05, 0) is 47.5 Å². The Kier molecular flexibility index (Phi) is 4.69. The van der Waals surface area contributed by atoms with Gasteiger partial charge in [-0.1, -0.05) is 28.1 Å². The van der Waals surface area contributed by atoms with Crippen LogP contribution in [-0.4, -0.2) is 10.1 Å². The van der Waals surface area contributed by atoms with Crippen molar-refractivity contribution in [1.29, 1.82) is 0 Å². The molecule has 3 aromatic rings. The first-order chi connectivity index (χ1) is 10.7. The van der Waals surface area contributed by atoms with Crippen molar-refractivity contribution in [3.63, 3.8) is 0 Å². The molecule has 0 spiro atoms. The molecule has 0 fully saturated rings. The first kappa shape index (κ1) is 15.4. The van der Waals surface area contributed by atoms with E-state index in [1.807, 2.05) is 48.5 Å². The van der Waals surface area contributed by atoms with E-state index in [2.05, 4.69) is 20.9 Å². The molecule has 1 unspecified atom stereocenters. The van der Waals surface area contributed by atoms with Crippen molar-refractivity contribution in [1.82, 2.24) is 4.98 Å². The number of thiophene rings is 1. The minimum Gasteiger partial charge on any atom is -0.383 e. The van der Waals surface area contributed by atoms with Gasteiger partial charge in [0.1, 0.15) is 6.10 Å². The summed E-state index contributed by atoms with van der Waals surface area (Å²) in [6.45, 7) is 0.401. The van der Waals surface area contributed by atoms with E-state index in [-0.39, 0.29) is 0 Å². The predicted molar refractivity (Wildman–Crippen MR) is 93.6 cm³/mol. The minimum absolute atomic E-state index is 0.401. The van der Waals surface area contributed by atoms with Gasteiger partial charge in [0.25, 0.3) is 0 Å². The molecule has 0 amide bonds. The van der Waals surface area contributed by atoms with Gasteiger partial charge in [-0.2, -0.15) is 0 Å². The molecule has 0 saturated carbocycles. The lowest BCUT2D eigenvalue weighted by atomic mass is 10.0. The molecular formula is C17H15BrN2OS. The summed E-state index contributed by atoms with van der Waals surface area (Å²) in [5, 5.41) is 10.7. The lowest BCUT2D eigenvalue weighted by molar-refractivity contribution is 0.223. The van der Waals surface area contributed by atoms with Crippen molar-refractivity contribution in [2.45, 2.75) is 12.6 Å². The number of aliphatic hydroxyl groups excluding tert-OH is 1. The quantitative estimate of drug-likeness (QED) is 0.722. The van der Waals surface area contributed by atoms with Crippen molar-refractivity contribution < 1.29 is 5.11 Å². The number of rotatable bonds is 4. The normalized spacial score (nSPS) is 12.3. The smallest absolute Gasteiger partial charge is 0.114 e. The highest BCUT2D eigenvalue weighted by atomic mass is 79.9. The summed E-state index contributed by atoms with van der Waals surface area (Å²) < 4.78 is 0.931. The average molecular weight is 375 g/mol. The third kappa shape index (κ3) is 3.13. The van der Waals surface area contributed by atoms with E-state index in [4.69, 9.17) is 5.73 Å². The van der Waals surface area contributed by atoms with Crippen molar-refractivity contribution in [3.8, 4) is 10.6 Å². The minimum atomic E-state index is -0.682. The highest BCUT2D eigenvalue weighted by molar-refractivity contribution is 9.10. The average Bonchev–Trinajstić information content (AvgIpc) is 3.05. The number of hydrogen-bond acceptors (Lipinski definition) is 4. The number of pyridine rings is 1. The predicted octanol–water partition coefficient (Wildman–Crippen LogP) is 4.11. The second-order valence-electron chi connectivity index (χ2n) is 4.87. The molecule has 112 valence electrons. The Balaban J connectivity index is 1.95. The zero-order valence-electron chi connectivity index (χ0n) is 11.7. The van der Waals surface area contributed by atoms with Gasteiger partial charge < -0.3 is 10.8 Å². The molecule has 2 heterocycles. The van der Waals surface area contributed by atoms with Gasteiger partial charge in [0.2, 0.25) is 0 Å². The zero-order valence-corrected chi connectivity index (χ0v) is 14.1. The Morgan fingerprint density at radius 3 is 2.77 bits per heavy atom. The van der Waals surface area contributed by atoms with Crippen LogP contribution in [0, 0.1) is 0 Å². The van der Waals surface area contributed by atoms with Crippen LogP contribution in [0.5, 0.6) is 0 Å². The van der Waals surface area contributed by atoms with Crippen LogP contribution < -0.4 is 5.73 Å². The van der Waals surface area contributed by atoms with Gasteiger partial charge >= 0.3 is 0 Å². The molecule has 0 aliphatic rings. The molecule has 2 aromatic heterocycles. The monoisotopic (exact) mass is 374 g/mol. The highest BCUT2D eigenvalue weighted by Crippen LogP contribution is 2.35. The number of benzene rings is 1. The van der Waals surface area contributed by atoms with E-state index >= 15 is 0 Å². The summed E-state index contributed by atoms with van der Waals surface area (Å²) in [6, 6.07) is 15.6. The molecule has 0 saturated heterocycles. The molecule has 3 N–H and O–H groups in total. The molecule has 1 aromatic carbocycles. The van der Waals surface area contributed by atoms with Crippen LogP contribution in [-0.2, 0) is 6.54 Å². The van der Waals surface area contributed by atoms with Gasteiger partial charge in [-0.25, -0.2) is 0 Å². The van der Waals surface area contributed by atoms with Crippen LogP contribution in [0.15, 0.2) is 59.2 Å². The lowest BCUT2D eigenvalue weighted by Crippen LogP contribution is -2.06. The summed E-state index contributed by atoms with van der Waals surface area (Å²) >= 11 is 5.00. The van der Waals surface area contributed by atoms with Crippen LogP contribution in [0.1, 0.15) is 22.1 Å². The Bertz CT molecular complexity index is 773. The first-order valence-corrected chi connectivity index (χ1v) is 8.47. The van der Waals surface area contributed by atoms with Crippen molar-refractivity contribution in [2.75, 3.05) is 0 Å². The first-order valence-electron chi connectivity index (χ1n) is 6.86. The van der Waals surface area contributed by atoms with Crippen LogP contribution in [0.4, 0.5) is 0 Å². The lowest BCUT2D eigenvalue weighted by Gasteiger charge is -2.14. The maximum absolute atomic E-state index is 10.7. The Morgan fingerprint density at radius 1 is 1.18 bits per heavy atom. The van der Waals surface area contributed by atoms with E-state index in [1.165, 1.54) is 0 Å². The van der Waals surface area contributed by atoms with Gasteiger partial charge in [0.05, 0.1) is 10.6 Å². The molecule has 22 heavy (non-hydrogen) atoms. The number of aromatic nitrogens is 1. The molecule has 1 atom stereocenters. The molecule has 0 radical (unpaired) electrons. The Hall–Kier alpha value is -1.53. The zero-order chi connectivity index (χ0) is 15.5. The molecule has 0 aliphatic carbocycles. The van der Waals surface area contributed by atoms with Gasteiger partial charge in [-0.15, -0.1) is 11.3 Å². The molecule has 0 bridgehead atoms. The highest BCUT2D eigenvalue weighted by Gasteiger charge is 2.17. The summed E-state index contributed by atoms with van der Waals surface area (Å²) in [7, 11) is 0. The van der Waals surface area contributed by atoms with E-state index in [1.54, 1.807) is 17.5 Å². The number of hydrogen-bond donors (Lipinski definition) is 2. The van der Waals surface area contributed by atoms with Gasteiger partial charge in [0, 0.05) is 22.1 Å². The standard InChI is InChI=1S/C17H15BrN2OS/c18-12-5-4-11(10-19)13(9-12)17(21)16-7-6-15(22-16)14-3-1-2-8-20-14/h1-9,17,21H,10,19H2. The fourth-order valence-corrected chi connectivity index (χ4v) is 3.67. The van der Waals surface area contributed by atoms with Gasteiger partial charge in [0.15, 0.2) is 0 Å². The molecular weight excluding hydrogens is 360 g/mol. The molecule has 5 heteroatoms. The van der Waals surface area contributed by atoms with E-state index in [0.29, 0.717) is 6.54 Å². The van der Waals surface area contributed by atoms with Crippen molar-refractivity contribution >= 4 is 27.3 Å². The van der Waals surface area contributed by atoms with E-state index < -0.39 is 6.10 Å². The van der Waals surface area contributed by atoms with Gasteiger partial charge in [-0.3, -0.25) is 4.98 Å². The second kappa shape index (κ2) is 6.71. The summed E-state index contributed by atoms with van der Waals surface area (Å²) in [4.78, 5) is 6.27. The summed E-state index contributed by atoms with van der Waals surface area (Å²) in [5.74, 6) is 0. The Labute approximate surface area is 141 Å². The van der Waals surface area contributed by atoms with Crippen molar-refractivity contribution in [3.05, 3.63) is 75.2 Å². The number of halogens is 1.